The number of hydrogen-bond acceptors (Lipinski definition) is 3. The largest absolute Gasteiger partial charge is 0.458 e. The van der Waals surface area contributed by atoms with Crippen LogP contribution in [0.1, 0.15) is 43.6 Å². The Morgan fingerprint density at radius 3 is 2.45 bits per heavy atom. The monoisotopic (exact) mass is 281 g/mol. The molecule has 4 nitrogen and oxygen atoms in total. The lowest BCUT2D eigenvalue weighted by atomic mass is 10.1. The molecule has 20 heavy (non-hydrogen) atoms. The zero-order valence-corrected chi connectivity index (χ0v) is 12.4. The number of ether oxygens (including phenoxy) is 1. The summed E-state index contributed by atoms with van der Waals surface area (Å²) >= 11 is 0. The van der Waals surface area contributed by atoms with Gasteiger partial charge in [0.1, 0.15) is 17.5 Å². The van der Waals surface area contributed by atoms with E-state index in [2.05, 4.69) is 5.32 Å². The van der Waals surface area contributed by atoms with Gasteiger partial charge in [-0.15, -0.1) is 0 Å². The molecule has 0 spiro atoms. The standard InChI is InChI=1S/C15H20FNO3/c1-9-6-7-12(16)11(8-9)13(18)17-10(2)14(19)20-15(3,4)5/h6-8,10H,1-5H3,(H,17,18)/t10-/m1/s1. The van der Waals surface area contributed by atoms with Crippen LogP contribution in [0.2, 0.25) is 0 Å². The molecule has 1 amide bonds. The minimum atomic E-state index is -0.846. The second-order valence-electron chi connectivity index (χ2n) is 5.71. The van der Waals surface area contributed by atoms with Gasteiger partial charge in [-0.2, -0.15) is 0 Å². The SMILES string of the molecule is Cc1ccc(F)c(C(=O)N[C@H](C)C(=O)OC(C)(C)C)c1. The summed E-state index contributed by atoms with van der Waals surface area (Å²) in [6.07, 6.45) is 0. The Bertz CT molecular complexity index is 520. The molecule has 1 rings (SSSR count). The third-order valence-electron chi connectivity index (χ3n) is 2.47. The number of amides is 1. The predicted octanol–water partition coefficient (Wildman–Crippen LogP) is 2.59. The molecule has 1 atom stereocenters. The molecule has 0 radical (unpaired) electrons. The lowest BCUT2D eigenvalue weighted by Crippen LogP contribution is -2.42. The highest BCUT2D eigenvalue weighted by molar-refractivity contribution is 5.97. The molecule has 1 N–H and O–H groups in total. The Morgan fingerprint density at radius 1 is 1.30 bits per heavy atom. The maximum Gasteiger partial charge on any atom is 0.328 e. The molecule has 0 aromatic heterocycles. The zero-order valence-electron chi connectivity index (χ0n) is 12.4. The lowest BCUT2D eigenvalue weighted by molar-refractivity contribution is -0.156. The van der Waals surface area contributed by atoms with Crippen molar-refractivity contribution in [2.75, 3.05) is 0 Å². The Hall–Kier alpha value is -1.91. The van der Waals surface area contributed by atoms with Gasteiger partial charge in [-0.3, -0.25) is 4.79 Å². The van der Waals surface area contributed by atoms with E-state index in [4.69, 9.17) is 4.74 Å². The van der Waals surface area contributed by atoms with Gasteiger partial charge in [-0.25, -0.2) is 9.18 Å². The average molecular weight is 281 g/mol. The van der Waals surface area contributed by atoms with Crippen LogP contribution < -0.4 is 5.32 Å². The Balaban J connectivity index is 2.75. The van der Waals surface area contributed by atoms with E-state index < -0.39 is 29.3 Å². The summed E-state index contributed by atoms with van der Waals surface area (Å²) in [6.45, 7) is 8.46. The van der Waals surface area contributed by atoms with Crippen molar-refractivity contribution in [2.24, 2.45) is 0 Å². The average Bonchev–Trinajstić information content (AvgIpc) is 2.29. The van der Waals surface area contributed by atoms with Crippen LogP contribution in [0.25, 0.3) is 0 Å². The molecule has 0 saturated carbocycles. The van der Waals surface area contributed by atoms with E-state index >= 15 is 0 Å². The number of esters is 1. The molecular weight excluding hydrogens is 261 g/mol. The van der Waals surface area contributed by atoms with Crippen molar-refractivity contribution in [2.45, 2.75) is 46.3 Å². The van der Waals surface area contributed by atoms with Crippen molar-refractivity contribution >= 4 is 11.9 Å². The fourth-order valence-electron chi connectivity index (χ4n) is 1.54. The number of halogens is 1. The van der Waals surface area contributed by atoms with Gasteiger partial charge in [0.05, 0.1) is 5.56 Å². The van der Waals surface area contributed by atoms with Crippen LogP contribution in [0, 0.1) is 12.7 Å². The van der Waals surface area contributed by atoms with Crippen LogP contribution in [-0.4, -0.2) is 23.5 Å². The second kappa shape index (κ2) is 6.03. The molecule has 0 unspecified atom stereocenters. The van der Waals surface area contributed by atoms with Crippen LogP contribution in [0.4, 0.5) is 4.39 Å². The Morgan fingerprint density at radius 2 is 1.90 bits per heavy atom. The number of carbonyl (C=O) groups excluding carboxylic acids is 2. The minimum absolute atomic E-state index is 0.0830. The van der Waals surface area contributed by atoms with Gasteiger partial charge in [0.25, 0.3) is 5.91 Å². The highest BCUT2D eigenvalue weighted by atomic mass is 19.1. The van der Waals surface area contributed by atoms with E-state index in [1.165, 1.54) is 19.1 Å². The molecule has 0 aliphatic heterocycles. The lowest BCUT2D eigenvalue weighted by Gasteiger charge is -2.22. The first-order valence-electron chi connectivity index (χ1n) is 6.40. The van der Waals surface area contributed by atoms with Crippen molar-refractivity contribution in [1.29, 1.82) is 0 Å². The first kappa shape index (κ1) is 16.1. The van der Waals surface area contributed by atoms with Gasteiger partial charge in [-0.1, -0.05) is 11.6 Å². The predicted molar refractivity (Wildman–Crippen MR) is 73.9 cm³/mol. The molecule has 0 heterocycles. The van der Waals surface area contributed by atoms with Gasteiger partial charge in [0, 0.05) is 0 Å². The van der Waals surface area contributed by atoms with Gasteiger partial charge >= 0.3 is 5.97 Å². The summed E-state index contributed by atoms with van der Waals surface area (Å²) in [7, 11) is 0. The van der Waals surface area contributed by atoms with Crippen molar-refractivity contribution in [3.05, 3.63) is 35.1 Å². The summed E-state index contributed by atoms with van der Waals surface area (Å²) < 4.78 is 18.7. The summed E-state index contributed by atoms with van der Waals surface area (Å²) in [4.78, 5) is 23.7. The molecular formula is C15H20FNO3. The molecule has 1 aromatic carbocycles. The molecule has 0 aliphatic carbocycles. The fraction of sp³-hybridized carbons (Fsp3) is 0.467. The molecule has 1 aromatic rings. The fourth-order valence-corrected chi connectivity index (χ4v) is 1.54. The van der Waals surface area contributed by atoms with Crippen LogP contribution in [0.15, 0.2) is 18.2 Å². The quantitative estimate of drug-likeness (QED) is 0.866. The summed E-state index contributed by atoms with van der Waals surface area (Å²) in [5, 5.41) is 2.43. The van der Waals surface area contributed by atoms with Crippen molar-refractivity contribution in [3.63, 3.8) is 0 Å². The first-order chi connectivity index (χ1) is 9.10. The molecule has 0 aliphatic rings. The van der Waals surface area contributed by atoms with E-state index in [0.717, 1.165) is 5.56 Å². The number of carbonyl (C=O) groups is 2. The maximum atomic E-state index is 13.6. The van der Waals surface area contributed by atoms with Crippen molar-refractivity contribution in [3.8, 4) is 0 Å². The van der Waals surface area contributed by atoms with E-state index in [-0.39, 0.29) is 5.56 Å². The first-order valence-corrected chi connectivity index (χ1v) is 6.40. The number of hydrogen-bond donors (Lipinski definition) is 1. The summed E-state index contributed by atoms with van der Waals surface area (Å²) in [6, 6.07) is 3.39. The van der Waals surface area contributed by atoms with Gasteiger partial charge in [0.2, 0.25) is 0 Å². The van der Waals surface area contributed by atoms with Gasteiger partial charge in [-0.05, 0) is 46.8 Å². The van der Waals surface area contributed by atoms with Crippen LogP contribution in [0.5, 0.6) is 0 Å². The third kappa shape index (κ3) is 4.64. The van der Waals surface area contributed by atoms with E-state index in [0.29, 0.717) is 0 Å². The van der Waals surface area contributed by atoms with Gasteiger partial charge in [0.15, 0.2) is 0 Å². The smallest absolute Gasteiger partial charge is 0.328 e. The van der Waals surface area contributed by atoms with Gasteiger partial charge < -0.3 is 10.1 Å². The molecule has 5 heteroatoms. The summed E-state index contributed by atoms with van der Waals surface area (Å²) in [5.74, 6) is -1.81. The van der Waals surface area contributed by atoms with E-state index in [1.807, 2.05) is 0 Å². The van der Waals surface area contributed by atoms with E-state index in [1.54, 1.807) is 33.8 Å². The number of nitrogens with one attached hydrogen (secondary N) is 1. The Kier molecular flexibility index (Phi) is 4.87. The zero-order chi connectivity index (χ0) is 15.5. The molecule has 0 fully saturated rings. The normalized spacial score (nSPS) is 12.7. The number of aryl methyl sites for hydroxylation is 1. The summed E-state index contributed by atoms with van der Waals surface area (Å²) in [5.41, 5.74) is 0.0480. The van der Waals surface area contributed by atoms with E-state index in [9.17, 15) is 14.0 Å². The van der Waals surface area contributed by atoms with Crippen molar-refractivity contribution < 1.29 is 18.7 Å². The highest BCUT2D eigenvalue weighted by Crippen LogP contribution is 2.11. The molecule has 0 bridgehead atoms. The molecule has 0 saturated heterocycles. The molecule has 110 valence electrons. The number of benzene rings is 1. The van der Waals surface area contributed by atoms with Crippen LogP contribution >= 0.6 is 0 Å². The van der Waals surface area contributed by atoms with Crippen molar-refractivity contribution in [1.82, 2.24) is 5.32 Å². The minimum Gasteiger partial charge on any atom is -0.458 e. The maximum absolute atomic E-state index is 13.6. The highest BCUT2D eigenvalue weighted by Gasteiger charge is 2.24. The topological polar surface area (TPSA) is 55.4 Å². The Labute approximate surface area is 118 Å². The van der Waals surface area contributed by atoms with Crippen LogP contribution in [-0.2, 0) is 9.53 Å². The second-order valence-corrected chi connectivity index (χ2v) is 5.71. The van der Waals surface area contributed by atoms with Crippen LogP contribution in [0.3, 0.4) is 0 Å². The third-order valence-corrected chi connectivity index (χ3v) is 2.47. The number of rotatable bonds is 3.